The second kappa shape index (κ2) is 5.48. The van der Waals surface area contributed by atoms with Gasteiger partial charge in [0.25, 0.3) is 0 Å². The Hall–Kier alpha value is -2.43. The van der Waals surface area contributed by atoms with Crippen molar-refractivity contribution in [3.63, 3.8) is 0 Å². The molecule has 0 spiro atoms. The van der Waals surface area contributed by atoms with Gasteiger partial charge in [0.1, 0.15) is 11.5 Å². The third kappa shape index (κ3) is 2.88. The summed E-state index contributed by atoms with van der Waals surface area (Å²) in [6.07, 6.45) is 1.62. The average Bonchev–Trinajstić information content (AvgIpc) is 2.81. The van der Waals surface area contributed by atoms with Crippen LogP contribution in [0.1, 0.15) is 21.7 Å². The minimum Gasteiger partial charge on any atom is -0.495 e. The molecule has 5 heteroatoms. The predicted molar refractivity (Wildman–Crippen MR) is 70.7 cm³/mol. The number of carbonyl (C=O) groups is 1. The van der Waals surface area contributed by atoms with Crippen molar-refractivity contribution in [1.29, 1.82) is 0 Å². The van der Waals surface area contributed by atoms with E-state index in [9.17, 15) is 4.79 Å². The first-order valence-electron chi connectivity index (χ1n) is 5.80. The van der Waals surface area contributed by atoms with Gasteiger partial charge in [-0.15, -0.1) is 0 Å². The summed E-state index contributed by atoms with van der Waals surface area (Å²) in [5.74, 6) is 0.428. The number of carboxylic acid groups (broad SMARTS) is 1. The van der Waals surface area contributed by atoms with Crippen LogP contribution in [0.3, 0.4) is 0 Å². The number of anilines is 1. The Morgan fingerprint density at radius 3 is 2.79 bits per heavy atom. The maximum Gasteiger partial charge on any atom is 0.335 e. The summed E-state index contributed by atoms with van der Waals surface area (Å²) >= 11 is 0. The minimum atomic E-state index is -0.972. The summed E-state index contributed by atoms with van der Waals surface area (Å²) in [7, 11) is 1.54. The molecule has 0 saturated heterocycles. The zero-order chi connectivity index (χ0) is 13.8. The quantitative estimate of drug-likeness (QED) is 0.865. The van der Waals surface area contributed by atoms with Gasteiger partial charge in [0.05, 0.1) is 31.2 Å². The molecule has 0 aliphatic rings. The Labute approximate surface area is 110 Å². The number of rotatable bonds is 5. The molecule has 0 unspecified atom stereocenters. The Balaban J connectivity index is 2.20. The number of carboxylic acids is 1. The molecule has 2 rings (SSSR count). The van der Waals surface area contributed by atoms with E-state index >= 15 is 0 Å². The van der Waals surface area contributed by atoms with Crippen molar-refractivity contribution in [2.75, 3.05) is 12.4 Å². The number of hydrogen-bond acceptors (Lipinski definition) is 4. The Morgan fingerprint density at radius 2 is 2.21 bits per heavy atom. The Morgan fingerprint density at radius 1 is 1.42 bits per heavy atom. The van der Waals surface area contributed by atoms with Crippen LogP contribution in [0.2, 0.25) is 0 Å². The summed E-state index contributed by atoms with van der Waals surface area (Å²) in [6, 6.07) is 6.55. The van der Waals surface area contributed by atoms with Crippen molar-refractivity contribution < 1.29 is 19.1 Å². The van der Waals surface area contributed by atoms with E-state index in [1.807, 2.05) is 13.0 Å². The van der Waals surface area contributed by atoms with E-state index in [1.54, 1.807) is 25.5 Å². The van der Waals surface area contributed by atoms with Gasteiger partial charge in [-0.25, -0.2) is 4.79 Å². The van der Waals surface area contributed by atoms with Crippen molar-refractivity contribution >= 4 is 11.7 Å². The maximum absolute atomic E-state index is 11.0. The molecule has 0 aliphatic heterocycles. The molecule has 0 fully saturated rings. The number of aryl methyl sites for hydroxylation is 1. The molecular weight excluding hydrogens is 246 g/mol. The first kappa shape index (κ1) is 13.0. The number of methoxy groups -OCH3 is 1. The number of furan rings is 1. The lowest BCUT2D eigenvalue weighted by molar-refractivity contribution is 0.0697. The van der Waals surface area contributed by atoms with E-state index in [1.165, 1.54) is 6.07 Å². The Kier molecular flexibility index (Phi) is 3.75. The molecule has 1 heterocycles. The third-order valence-corrected chi connectivity index (χ3v) is 2.85. The maximum atomic E-state index is 11.0. The monoisotopic (exact) mass is 261 g/mol. The molecule has 0 saturated carbocycles. The highest BCUT2D eigenvalue weighted by Crippen LogP contribution is 2.26. The highest BCUT2D eigenvalue weighted by Gasteiger charge is 2.10. The van der Waals surface area contributed by atoms with Crippen LogP contribution in [-0.4, -0.2) is 18.2 Å². The van der Waals surface area contributed by atoms with Crippen LogP contribution >= 0.6 is 0 Å². The van der Waals surface area contributed by atoms with Crippen molar-refractivity contribution in [2.45, 2.75) is 13.5 Å². The average molecular weight is 261 g/mol. The van der Waals surface area contributed by atoms with Gasteiger partial charge in [0.15, 0.2) is 0 Å². The number of hydrogen-bond donors (Lipinski definition) is 2. The zero-order valence-electron chi connectivity index (χ0n) is 10.8. The number of ether oxygens (including phenoxy) is 1. The second-order valence-corrected chi connectivity index (χ2v) is 4.10. The summed E-state index contributed by atoms with van der Waals surface area (Å²) in [5.41, 5.74) is 1.87. The molecule has 1 aromatic carbocycles. The first-order chi connectivity index (χ1) is 9.11. The van der Waals surface area contributed by atoms with Gasteiger partial charge in [-0.2, -0.15) is 0 Å². The second-order valence-electron chi connectivity index (χ2n) is 4.10. The SMILES string of the molecule is COc1ccc(C(=O)O)cc1NCc1occc1C. The topological polar surface area (TPSA) is 71.7 Å². The third-order valence-electron chi connectivity index (χ3n) is 2.85. The standard InChI is InChI=1S/C14H15NO4/c1-9-5-6-19-13(9)8-15-11-7-10(14(16)17)3-4-12(11)18-2/h3-7,15H,8H2,1-2H3,(H,16,17). The van der Waals surface area contributed by atoms with Gasteiger partial charge < -0.3 is 19.6 Å². The van der Waals surface area contributed by atoms with Crippen molar-refractivity contribution in [3.05, 3.63) is 47.4 Å². The van der Waals surface area contributed by atoms with Gasteiger partial charge in [-0.05, 0) is 36.8 Å². The normalized spacial score (nSPS) is 10.2. The molecule has 2 N–H and O–H groups in total. The predicted octanol–water partition coefficient (Wildman–Crippen LogP) is 2.91. The minimum absolute atomic E-state index is 0.208. The summed E-state index contributed by atoms with van der Waals surface area (Å²) in [4.78, 5) is 11.0. The van der Waals surface area contributed by atoms with Gasteiger partial charge >= 0.3 is 5.97 Å². The fourth-order valence-corrected chi connectivity index (χ4v) is 1.74. The molecule has 19 heavy (non-hydrogen) atoms. The molecular formula is C14H15NO4. The van der Waals surface area contributed by atoms with E-state index in [-0.39, 0.29) is 5.56 Å². The highest BCUT2D eigenvalue weighted by molar-refractivity contribution is 5.89. The molecule has 1 aromatic heterocycles. The van der Waals surface area contributed by atoms with Crippen LogP contribution in [0.4, 0.5) is 5.69 Å². The molecule has 2 aromatic rings. The van der Waals surface area contributed by atoms with E-state index < -0.39 is 5.97 Å². The van der Waals surface area contributed by atoms with Crippen LogP contribution in [0, 0.1) is 6.92 Å². The highest BCUT2D eigenvalue weighted by atomic mass is 16.5. The summed E-state index contributed by atoms with van der Waals surface area (Å²) in [5, 5.41) is 12.1. The Bertz CT molecular complexity index is 589. The van der Waals surface area contributed by atoms with Crippen molar-refractivity contribution in [2.24, 2.45) is 0 Å². The first-order valence-corrected chi connectivity index (χ1v) is 5.80. The van der Waals surface area contributed by atoms with Crippen LogP contribution in [0.5, 0.6) is 5.75 Å². The van der Waals surface area contributed by atoms with E-state index in [4.69, 9.17) is 14.3 Å². The van der Waals surface area contributed by atoms with Gasteiger partial charge in [0, 0.05) is 0 Å². The molecule has 0 radical (unpaired) electrons. The zero-order valence-corrected chi connectivity index (χ0v) is 10.8. The lowest BCUT2D eigenvalue weighted by atomic mass is 10.2. The molecule has 0 bridgehead atoms. The molecule has 5 nitrogen and oxygen atoms in total. The molecule has 100 valence electrons. The lowest BCUT2D eigenvalue weighted by Gasteiger charge is -2.11. The van der Waals surface area contributed by atoms with E-state index in [0.29, 0.717) is 18.0 Å². The molecule has 0 atom stereocenters. The van der Waals surface area contributed by atoms with Gasteiger partial charge in [-0.3, -0.25) is 0 Å². The van der Waals surface area contributed by atoms with Gasteiger partial charge in [-0.1, -0.05) is 0 Å². The van der Waals surface area contributed by atoms with Gasteiger partial charge in [0.2, 0.25) is 0 Å². The smallest absolute Gasteiger partial charge is 0.335 e. The molecule has 0 amide bonds. The largest absolute Gasteiger partial charge is 0.495 e. The van der Waals surface area contributed by atoms with E-state index in [2.05, 4.69) is 5.32 Å². The van der Waals surface area contributed by atoms with Crippen molar-refractivity contribution in [3.8, 4) is 5.75 Å². The van der Waals surface area contributed by atoms with E-state index in [0.717, 1.165) is 11.3 Å². The number of nitrogens with one attached hydrogen (secondary N) is 1. The van der Waals surface area contributed by atoms with Crippen LogP contribution < -0.4 is 10.1 Å². The van der Waals surface area contributed by atoms with Crippen LogP contribution in [0.25, 0.3) is 0 Å². The fourth-order valence-electron chi connectivity index (χ4n) is 1.74. The van der Waals surface area contributed by atoms with Crippen LogP contribution in [-0.2, 0) is 6.54 Å². The summed E-state index contributed by atoms with van der Waals surface area (Å²) in [6.45, 7) is 2.42. The number of benzene rings is 1. The lowest BCUT2D eigenvalue weighted by Crippen LogP contribution is -2.04. The summed E-state index contributed by atoms with van der Waals surface area (Å²) < 4.78 is 10.5. The fraction of sp³-hybridized carbons (Fsp3) is 0.214. The molecule has 0 aliphatic carbocycles. The van der Waals surface area contributed by atoms with Crippen LogP contribution in [0.15, 0.2) is 34.9 Å². The van der Waals surface area contributed by atoms with Crippen molar-refractivity contribution in [1.82, 2.24) is 0 Å². The number of aromatic carboxylic acids is 1.